The predicted octanol–water partition coefficient (Wildman–Crippen LogP) is 6.27. The summed E-state index contributed by atoms with van der Waals surface area (Å²) in [7, 11) is 0. The minimum atomic E-state index is -0.323. The van der Waals surface area contributed by atoms with Gasteiger partial charge in [-0.1, -0.05) is 82.5 Å². The van der Waals surface area contributed by atoms with E-state index in [1.54, 1.807) is 6.07 Å². The second-order valence-electron chi connectivity index (χ2n) is 5.66. The van der Waals surface area contributed by atoms with E-state index in [0.29, 0.717) is 0 Å². The summed E-state index contributed by atoms with van der Waals surface area (Å²) in [4.78, 5) is 0. The Morgan fingerprint density at radius 1 is 1.05 bits per heavy atom. The average molecular weight is 314 g/mol. The zero-order chi connectivity index (χ0) is 15.5. The molecule has 0 spiro atoms. The number of benzene rings is 1. The number of unbranched alkanes of at least 4 members (excludes halogenated alkanes) is 6. The van der Waals surface area contributed by atoms with Crippen molar-refractivity contribution in [2.75, 3.05) is 6.54 Å². The molecule has 0 saturated heterocycles. The average Bonchev–Trinajstić information content (AvgIpc) is 2.48. The maximum atomic E-state index is 13.6. The monoisotopic (exact) mass is 313 g/mol. The fourth-order valence-electron chi connectivity index (χ4n) is 2.71. The molecule has 120 valence electrons. The lowest BCUT2D eigenvalue weighted by molar-refractivity contribution is 0.473. The van der Waals surface area contributed by atoms with Crippen LogP contribution in [0.3, 0.4) is 0 Å². The molecule has 0 amide bonds. The van der Waals surface area contributed by atoms with Crippen molar-refractivity contribution in [2.24, 2.45) is 0 Å². The Kier molecular flexibility index (Phi) is 9.69. The van der Waals surface area contributed by atoms with Gasteiger partial charge in [-0.05, 0) is 24.6 Å². The molecule has 1 aromatic carbocycles. The first-order chi connectivity index (χ1) is 10.2. The maximum Gasteiger partial charge on any atom is 0.142 e. The number of nitrogens with one attached hydrogen (secondary N) is 1. The van der Waals surface area contributed by atoms with Gasteiger partial charge < -0.3 is 5.32 Å². The summed E-state index contributed by atoms with van der Waals surface area (Å²) in [5.41, 5.74) is 0.893. The van der Waals surface area contributed by atoms with Gasteiger partial charge in [0.2, 0.25) is 0 Å². The third-order valence-electron chi connectivity index (χ3n) is 3.90. The zero-order valence-electron chi connectivity index (χ0n) is 13.4. The van der Waals surface area contributed by atoms with Crippen LogP contribution < -0.4 is 5.32 Å². The zero-order valence-corrected chi connectivity index (χ0v) is 14.2. The largest absolute Gasteiger partial charge is 0.310 e. The lowest BCUT2D eigenvalue weighted by atomic mass is 9.99. The molecule has 1 aromatic rings. The Hall–Kier alpha value is -0.600. The molecule has 0 radical (unpaired) electrons. The van der Waals surface area contributed by atoms with E-state index < -0.39 is 0 Å². The van der Waals surface area contributed by atoms with E-state index in [2.05, 4.69) is 19.2 Å². The lowest BCUT2D eigenvalue weighted by Gasteiger charge is -2.19. The maximum absolute atomic E-state index is 13.6. The van der Waals surface area contributed by atoms with Gasteiger partial charge in [-0.3, -0.25) is 0 Å². The normalized spacial score (nSPS) is 12.6. The minimum absolute atomic E-state index is 0.161. The number of rotatable bonds is 11. The fraction of sp³-hybridized carbons (Fsp3) is 0.667. The van der Waals surface area contributed by atoms with Crippen LogP contribution in [0.4, 0.5) is 4.39 Å². The van der Waals surface area contributed by atoms with Crippen LogP contribution >= 0.6 is 11.6 Å². The number of hydrogen-bond donors (Lipinski definition) is 1. The summed E-state index contributed by atoms with van der Waals surface area (Å²) in [5, 5.41) is 3.70. The Balaban J connectivity index is 2.41. The molecule has 3 heteroatoms. The third-order valence-corrected chi connectivity index (χ3v) is 4.30. The molecule has 0 aliphatic rings. The summed E-state index contributed by atoms with van der Waals surface area (Å²) < 4.78 is 13.6. The Morgan fingerprint density at radius 3 is 2.38 bits per heavy atom. The van der Waals surface area contributed by atoms with Crippen LogP contribution in [0.1, 0.15) is 76.8 Å². The molecule has 0 aliphatic carbocycles. The summed E-state index contributed by atoms with van der Waals surface area (Å²) >= 11 is 6.11. The van der Waals surface area contributed by atoms with Crippen molar-refractivity contribution >= 4 is 11.6 Å². The molecule has 0 bridgehead atoms. The molecule has 0 heterocycles. The Bertz CT molecular complexity index is 395. The molecular weight excluding hydrogens is 285 g/mol. The highest BCUT2D eigenvalue weighted by atomic mass is 35.5. The van der Waals surface area contributed by atoms with Crippen molar-refractivity contribution in [3.63, 3.8) is 0 Å². The molecule has 1 nitrogen and oxygen atoms in total. The highest BCUT2D eigenvalue weighted by molar-refractivity contribution is 6.31. The second-order valence-corrected chi connectivity index (χ2v) is 6.04. The standard InChI is InChI=1S/C18H29ClFN/c1-3-5-6-7-8-9-10-14-17(21-4-2)15-12-11-13-16(20)18(15)19/h11-13,17,21H,3-10,14H2,1-2H3. The van der Waals surface area contributed by atoms with Gasteiger partial charge in [0.25, 0.3) is 0 Å². The molecule has 0 aliphatic heterocycles. The first kappa shape index (κ1) is 18.4. The van der Waals surface area contributed by atoms with E-state index in [0.717, 1.165) is 24.9 Å². The van der Waals surface area contributed by atoms with Crippen molar-refractivity contribution in [1.29, 1.82) is 0 Å². The van der Waals surface area contributed by atoms with Crippen LogP contribution in [0, 0.1) is 5.82 Å². The quantitative estimate of drug-likeness (QED) is 0.475. The smallest absolute Gasteiger partial charge is 0.142 e. The van der Waals surface area contributed by atoms with Crippen molar-refractivity contribution in [2.45, 2.75) is 71.3 Å². The van der Waals surface area contributed by atoms with Gasteiger partial charge in [0.1, 0.15) is 5.82 Å². The van der Waals surface area contributed by atoms with Crippen LogP contribution in [0.5, 0.6) is 0 Å². The van der Waals surface area contributed by atoms with E-state index in [1.165, 1.54) is 44.6 Å². The van der Waals surface area contributed by atoms with Gasteiger partial charge in [0, 0.05) is 6.04 Å². The molecular formula is C18H29ClFN. The number of halogens is 2. The van der Waals surface area contributed by atoms with E-state index in [4.69, 9.17) is 11.6 Å². The van der Waals surface area contributed by atoms with Crippen molar-refractivity contribution < 1.29 is 4.39 Å². The summed E-state index contributed by atoms with van der Waals surface area (Å²) in [6, 6.07) is 5.25. The third kappa shape index (κ3) is 6.80. The number of hydrogen-bond acceptors (Lipinski definition) is 1. The van der Waals surface area contributed by atoms with Crippen LogP contribution in [0.15, 0.2) is 18.2 Å². The van der Waals surface area contributed by atoms with Crippen molar-refractivity contribution in [1.82, 2.24) is 5.32 Å². The fourth-order valence-corrected chi connectivity index (χ4v) is 2.97. The van der Waals surface area contributed by atoms with Crippen LogP contribution in [0.25, 0.3) is 0 Å². The van der Waals surface area contributed by atoms with E-state index in [-0.39, 0.29) is 16.9 Å². The predicted molar refractivity (Wildman–Crippen MR) is 90.4 cm³/mol. The van der Waals surface area contributed by atoms with Crippen molar-refractivity contribution in [3.8, 4) is 0 Å². The van der Waals surface area contributed by atoms with Gasteiger partial charge in [0.05, 0.1) is 5.02 Å². The van der Waals surface area contributed by atoms with Crippen LogP contribution in [0.2, 0.25) is 5.02 Å². The summed E-state index contributed by atoms with van der Waals surface area (Å²) in [6.07, 6.45) is 10.1. The van der Waals surface area contributed by atoms with Crippen LogP contribution in [-0.2, 0) is 0 Å². The van der Waals surface area contributed by atoms with Crippen LogP contribution in [-0.4, -0.2) is 6.54 Å². The molecule has 0 aromatic heterocycles. The van der Waals surface area contributed by atoms with E-state index >= 15 is 0 Å². The molecule has 0 saturated carbocycles. The summed E-state index contributed by atoms with van der Waals surface area (Å²) in [5.74, 6) is -0.323. The summed E-state index contributed by atoms with van der Waals surface area (Å²) in [6.45, 7) is 5.18. The van der Waals surface area contributed by atoms with Gasteiger partial charge >= 0.3 is 0 Å². The molecule has 1 N–H and O–H groups in total. The van der Waals surface area contributed by atoms with E-state index in [9.17, 15) is 4.39 Å². The SMILES string of the molecule is CCCCCCCCCC(NCC)c1cccc(F)c1Cl. The minimum Gasteiger partial charge on any atom is -0.310 e. The molecule has 21 heavy (non-hydrogen) atoms. The van der Waals surface area contributed by atoms with Gasteiger partial charge in [-0.25, -0.2) is 4.39 Å². The van der Waals surface area contributed by atoms with Gasteiger partial charge in [-0.2, -0.15) is 0 Å². The highest BCUT2D eigenvalue weighted by Gasteiger charge is 2.15. The van der Waals surface area contributed by atoms with E-state index in [1.807, 2.05) is 6.07 Å². The molecule has 0 fully saturated rings. The highest BCUT2D eigenvalue weighted by Crippen LogP contribution is 2.29. The first-order valence-corrected chi connectivity index (χ1v) is 8.75. The molecule has 1 atom stereocenters. The lowest BCUT2D eigenvalue weighted by Crippen LogP contribution is -2.21. The first-order valence-electron chi connectivity index (χ1n) is 8.38. The Morgan fingerprint density at radius 2 is 1.71 bits per heavy atom. The molecule has 1 unspecified atom stereocenters. The van der Waals surface area contributed by atoms with Gasteiger partial charge in [0.15, 0.2) is 0 Å². The topological polar surface area (TPSA) is 12.0 Å². The van der Waals surface area contributed by atoms with Crippen molar-refractivity contribution in [3.05, 3.63) is 34.6 Å². The Labute approximate surface area is 134 Å². The van der Waals surface area contributed by atoms with Gasteiger partial charge in [-0.15, -0.1) is 0 Å². The molecule has 1 rings (SSSR count). The second kappa shape index (κ2) is 11.0.